The summed E-state index contributed by atoms with van der Waals surface area (Å²) in [6, 6.07) is 6.56. The average Bonchev–Trinajstić information content (AvgIpc) is 2.47. The summed E-state index contributed by atoms with van der Waals surface area (Å²) in [6.45, 7) is 12.2. The minimum absolute atomic E-state index is 0.507. The molecule has 0 aromatic heterocycles. The van der Waals surface area contributed by atoms with Crippen molar-refractivity contribution in [3.05, 3.63) is 29.3 Å². The topological polar surface area (TPSA) is 24.5 Å². The SMILES string of the molecule is CCNCc1ccc(OC)c(CN2CCC(C)(C)CC2)c1. The van der Waals surface area contributed by atoms with Crippen LogP contribution in [0, 0.1) is 5.41 Å². The third kappa shape index (κ3) is 4.72. The van der Waals surface area contributed by atoms with Crippen molar-refractivity contribution in [2.24, 2.45) is 5.41 Å². The zero-order valence-corrected chi connectivity index (χ0v) is 14.0. The number of likely N-dealkylation sites (tertiary alicyclic amines) is 1. The molecule has 1 fully saturated rings. The predicted molar refractivity (Wildman–Crippen MR) is 88.7 cm³/mol. The fourth-order valence-electron chi connectivity index (χ4n) is 2.89. The summed E-state index contributed by atoms with van der Waals surface area (Å²) < 4.78 is 5.54. The first-order valence-electron chi connectivity index (χ1n) is 8.13. The number of piperidine rings is 1. The largest absolute Gasteiger partial charge is 0.496 e. The van der Waals surface area contributed by atoms with Gasteiger partial charge in [-0.25, -0.2) is 0 Å². The van der Waals surface area contributed by atoms with Gasteiger partial charge in [0.05, 0.1) is 7.11 Å². The molecule has 0 unspecified atom stereocenters. The Morgan fingerprint density at radius 3 is 2.57 bits per heavy atom. The molecule has 1 aromatic carbocycles. The molecule has 1 N–H and O–H groups in total. The second-order valence-corrected chi connectivity index (χ2v) is 6.87. The van der Waals surface area contributed by atoms with E-state index in [1.807, 2.05) is 0 Å². The molecule has 0 radical (unpaired) electrons. The minimum Gasteiger partial charge on any atom is -0.496 e. The Morgan fingerprint density at radius 1 is 1.24 bits per heavy atom. The molecule has 3 nitrogen and oxygen atoms in total. The number of methoxy groups -OCH3 is 1. The predicted octanol–water partition coefficient (Wildman–Crippen LogP) is 3.43. The van der Waals surface area contributed by atoms with E-state index in [-0.39, 0.29) is 0 Å². The molecule has 21 heavy (non-hydrogen) atoms. The van der Waals surface area contributed by atoms with Crippen LogP contribution in [0.1, 0.15) is 44.7 Å². The second kappa shape index (κ2) is 7.28. The maximum Gasteiger partial charge on any atom is 0.123 e. The number of ether oxygens (including phenoxy) is 1. The first-order chi connectivity index (χ1) is 10.0. The van der Waals surface area contributed by atoms with Crippen molar-refractivity contribution in [2.45, 2.75) is 46.7 Å². The van der Waals surface area contributed by atoms with Crippen molar-refractivity contribution in [1.82, 2.24) is 10.2 Å². The average molecular weight is 290 g/mol. The first-order valence-corrected chi connectivity index (χ1v) is 8.13. The molecular formula is C18H30N2O. The smallest absolute Gasteiger partial charge is 0.123 e. The fraction of sp³-hybridized carbons (Fsp3) is 0.667. The lowest BCUT2D eigenvalue weighted by Gasteiger charge is -2.37. The molecule has 1 aliphatic heterocycles. The summed E-state index contributed by atoms with van der Waals surface area (Å²) in [7, 11) is 1.77. The monoisotopic (exact) mass is 290 g/mol. The van der Waals surface area contributed by atoms with Gasteiger partial charge in [-0.3, -0.25) is 4.90 Å². The first kappa shape index (κ1) is 16.3. The van der Waals surface area contributed by atoms with Crippen LogP contribution in [0.25, 0.3) is 0 Å². The number of nitrogens with zero attached hydrogens (tertiary/aromatic N) is 1. The van der Waals surface area contributed by atoms with Crippen LogP contribution in [0.3, 0.4) is 0 Å². The van der Waals surface area contributed by atoms with Gasteiger partial charge in [-0.1, -0.05) is 26.8 Å². The van der Waals surface area contributed by atoms with Gasteiger partial charge in [0.15, 0.2) is 0 Å². The molecule has 0 aliphatic carbocycles. The molecule has 0 saturated carbocycles. The summed E-state index contributed by atoms with van der Waals surface area (Å²) in [5.41, 5.74) is 3.16. The zero-order chi connectivity index (χ0) is 15.3. The normalized spacial score (nSPS) is 18.7. The fourth-order valence-corrected chi connectivity index (χ4v) is 2.89. The van der Waals surface area contributed by atoms with E-state index in [1.165, 1.54) is 37.1 Å². The van der Waals surface area contributed by atoms with Gasteiger partial charge in [-0.15, -0.1) is 0 Å². The number of rotatable bonds is 6. The Morgan fingerprint density at radius 2 is 1.95 bits per heavy atom. The summed E-state index contributed by atoms with van der Waals surface area (Å²) >= 11 is 0. The highest BCUT2D eigenvalue weighted by molar-refractivity contribution is 5.37. The Labute approximate surface area is 129 Å². The van der Waals surface area contributed by atoms with Gasteiger partial charge in [0.2, 0.25) is 0 Å². The van der Waals surface area contributed by atoms with E-state index in [1.54, 1.807) is 7.11 Å². The van der Waals surface area contributed by atoms with Gasteiger partial charge in [0.25, 0.3) is 0 Å². The van der Waals surface area contributed by atoms with Crippen LogP contribution < -0.4 is 10.1 Å². The van der Waals surface area contributed by atoms with Crippen LogP contribution in [0.4, 0.5) is 0 Å². The Kier molecular flexibility index (Phi) is 5.65. The van der Waals surface area contributed by atoms with E-state index >= 15 is 0 Å². The highest BCUT2D eigenvalue weighted by Gasteiger charge is 2.25. The van der Waals surface area contributed by atoms with Crippen molar-refractivity contribution >= 4 is 0 Å². The molecule has 0 bridgehead atoms. The van der Waals surface area contributed by atoms with Gasteiger partial charge in [0, 0.05) is 18.7 Å². The maximum absolute atomic E-state index is 5.54. The lowest BCUT2D eigenvalue weighted by molar-refractivity contribution is 0.126. The van der Waals surface area contributed by atoms with Gasteiger partial charge < -0.3 is 10.1 Å². The van der Waals surface area contributed by atoms with Crippen LogP contribution in [-0.2, 0) is 13.1 Å². The molecule has 1 aliphatic rings. The lowest BCUT2D eigenvalue weighted by atomic mass is 9.82. The summed E-state index contributed by atoms with van der Waals surface area (Å²) in [5, 5.41) is 3.39. The number of hydrogen-bond acceptors (Lipinski definition) is 3. The van der Waals surface area contributed by atoms with E-state index in [0.29, 0.717) is 5.41 Å². The molecule has 1 heterocycles. The van der Waals surface area contributed by atoms with Crippen LogP contribution in [0.2, 0.25) is 0 Å². The van der Waals surface area contributed by atoms with Gasteiger partial charge in [-0.05, 0) is 55.6 Å². The van der Waals surface area contributed by atoms with Crippen LogP contribution >= 0.6 is 0 Å². The highest BCUT2D eigenvalue weighted by atomic mass is 16.5. The van der Waals surface area contributed by atoms with E-state index in [4.69, 9.17) is 4.74 Å². The van der Waals surface area contributed by atoms with Crippen LogP contribution in [0.5, 0.6) is 5.75 Å². The molecule has 1 aromatic rings. The number of benzene rings is 1. The molecule has 2 rings (SSSR count). The maximum atomic E-state index is 5.54. The van der Waals surface area contributed by atoms with Crippen LogP contribution in [0.15, 0.2) is 18.2 Å². The van der Waals surface area contributed by atoms with Crippen LogP contribution in [-0.4, -0.2) is 31.6 Å². The van der Waals surface area contributed by atoms with Crippen molar-refractivity contribution < 1.29 is 4.74 Å². The van der Waals surface area contributed by atoms with E-state index in [0.717, 1.165) is 25.4 Å². The molecule has 0 spiro atoms. The van der Waals surface area contributed by atoms with Gasteiger partial charge >= 0.3 is 0 Å². The van der Waals surface area contributed by atoms with Crippen molar-refractivity contribution in [3.8, 4) is 5.75 Å². The molecule has 1 saturated heterocycles. The number of nitrogens with one attached hydrogen (secondary N) is 1. The van der Waals surface area contributed by atoms with E-state index in [2.05, 4.69) is 49.2 Å². The Bertz CT molecular complexity index is 447. The van der Waals surface area contributed by atoms with Crippen molar-refractivity contribution in [2.75, 3.05) is 26.7 Å². The van der Waals surface area contributed by atoms with Gasteiger partial charge in [-0.2, -0.15) is 0 Å². The van der Waals surface area contributed by atoms with E-state index < -0.39 is 0 Å². The molecule has 118 valence electrons. The lowest BCUT2D eigenvalue weighted by Crippen LogP contribution is -2.36. The van der Waals surface area contributed by atoms with E-state index in [9.17, 15) is 0 Å². The molecule has 0 atom stereocenters. The van der Waals surface area contributed by atoms with Crippen molar-refractivity contribution in [1.29, 1.82) is 0 Å². The summed E-state index contributed by atoms with van der Waals surface area (Å²) in [5.74, 6) is 1.01. The third-order valence-corrected chi connectivity index (χ3v) is 4.53. The molecular weight excluding hydrogens is 260 g/mol. The number of hydrogen-bond donors (Lipinski definition) is 1. The minimum atomic E-state index is 0.507. The summed E-state index contributed by atoms with van der Waals surface area (Å²) in [6.07, 6.45) is 2.57. The molecule has 0 amide bonds. The highest BCUT2D eigenvalue weighted by Crippen LogP contribution is 2.31. The quantitative estimate of drug-likeness (QED) is 0.869. The standard InChI is InChI=1S/C18H30N2O/c1-5-19-13-15-6-7-17(21-4)16(12-15)14-20-10-8-18(2,3)9-11-20/h6-7,12,19H,5,8-11,13-14H2,1-4H3. The zero-order valence-electron chi connectivity index (χ0n) is 14.0. The van der Waals surface area contributed by atoms with Gasteiger partial charge in [0.1, 0.15) is 5.75 Å². The Balaban J connectivity index is 2.03. The Hall–Kier alpha value is -1.06. The molecule has 3 heteroatoms. The summed E-state index contributed by atoms with van der Waals surface area (Å²) in [4.78, 5) is 2.56. The second-order valence-electron chi connectivity index (χ2n) is 6.87. The van der Waals surface area contributed by atoms with Crippen molar-refractivity contribution in [3.63, 3.8) is 0 Å². The third-order valence-electron chi connectivity index (χ3n) is 4.53.